The quantitative estimate of drug-likeness (QED) is 0.804. The number of amides is 1. The second-order valence-corrected chi connectivity index (χ2v) is 5.66. The number of carbonyl (C=O) groups excluding carboxylic acids is 1. The molecule has 2 atom stereocenters. The Hall–Kier alpha value is -2.75. The lowest BCUT2D eigenvalue weighted by Crippen LogP contribution is -2.14. The van der Waals surface area contributed by atoms with E-state index in [0.29, 0.717) is 5.92 Å². The van der Waals surface area contributed by atoms with Gasteiger partial charge in [-0.3, -0.25) is 14.8 Å². The monoisotopic (exact) mass is 289 g/mol. The van der Waals surface area contributed by atoms with Crippen molar-refractivity contribution in [1.29, 1.82) is 0 Å². The van der Waals surface area contributed by atoms with Crippen molar-refractivity contribution in [2.24, 2.45) is 5.92 Å². The number of hydrogen-bond donors (Lipinski definition) is 1. The summed E-state index contributed by atoms with van der Waals surface area (Å²) in [6.45, 7) is 0. The summed E-state index contributed by atoms with van der Waals surface area (Å²) in [5.74, 6) is 0.485. The Bertz CT molecular complexity index is 832. The van der Waals surface area contributed by atoms with Crippen LogP contribution in [0.3, 0.4) is 0 Å². The van der Waals surface area contributed by atoms with Gasteiger partial charge in [-0.1, -0.05) is 6.07 Å². The Morgan fingerprint density at radius 2 is 1.82 bits per heavy atom. The van der Waals surface area contributed by atoms with Gasteiger partial charge < -0.3 is 5.32 Å². The Balaban J connectivity index is 1.48. The van der Waals surface area contributed by atoms with Crippen LogP contribution in [-0.4, -0.2) is 15.9 Å². The molecule has 2 unspecified atom stereocenters. The standard InChI is InChI=1S/C18H15N3O/c22-18(17-10-16(17)12-3-6-19-7-4-12)21-15-2-1-14-11-20-8-5-13(14)9-15/h1-9,11,16-17H,10H2,(H,21,22). The molecule has 1 fully saturated rings. The van der Waals surface area contributed by atoms with E-state index in [2.05, 4.69) is 15.3 Å². The molecule has 0 spiro atoms. The van der Waals surface area contributed by atoms with Crippen molar-refractivity contribution >= 4 is 22.4 Å². The maximum absolute atomic E-state index is 12.4. The lowest BCUT2D eigenvalue weighted by molar-refractivity contribution is -0.117. The molecule has 4 heteroatoms. The summed E-state index contributed by atoms with van der Waals surface area (Å²) in [6.07, 6.45) is 8.04. The first kappa shape index (κ1) is 13.0. The Labute approximate surface area is 128 Å². The van der Waals surface area contributed by atoms with Crippen LogP contribution in [0.1, 0.15) is 17.9 Å². The Kier molecular flexibility index (Phi) is 3.07. The molecule has 1 saturated carbocycles. The van der Waals surface area contributed by atoms with Gasteiger partial charge in [0.2, 0.25) is 5.91 Å². The zero-order valence-electron chi connectivity index (χ0n) is 11.9. The van der Waals surface area contributed by atoms with Crippen molar-refractivity contribution in [2.75, 3.05) is 5.32 Å². The second-order valence-electron chi connectivity index (χ2n) is 5.66. The van der Waals surface area contributed by atoms with Gasteiger partial charge >= 0.3 is 0 Å². The predicted molar refractivity (Wildman–Crippen MR) is 85.5 cm³/mol. The Morgan fingerprint density at radius 3 is 2.68 bits per heavy atom. The van der Waals surface area contributed by atoms with E-state index in [0.717, 1.165) is 22.9 Å². The number of carbonyl (C=O) groups is 1. The smallest absolute Gasteiger partial charge is 0.228 e. The van der Waals surface area contributed by atoms with E-state index in [4.69, 9.17) is 0 Å². The summed E-state index contributed by atoms with van der Waals surface area (Å²) < 4.78 is 0. The van der Waals surface area contributed by atoms with E-state index in [9.17, 15) is 4.79 Å². The summed E-state index contributed by atoms with van der Waals surface area (Å²) in [5.41, 5.74) is 2.03. The van der Waals surface area contributed by atoms with Crippen LogP contribution in [0.25, 0.3) is 10.8 Å². The molecule has 1 N–H and O–H groups in total. The second kappa shape index (κ2) is 5.22. The first-order valence-corrected chi connectivity index (χ1v) is 7.36. The minimum atomic E-state index is 0.0653. The molecule has 2 aromatic heterocycles. The van der Waals surface area contributed by atoms with Gasteiger partial charge in [0.15, 0.2) is 0 Å². The van der Waals surface area contributed by atoms with Crippen LogP contribution >= 0.6 is 0 Å². The van der Waals surface area contributed by atoms with Crippen LogP contribution in [0, 0.1) is 5.92 Å². The highest BCUT2D eigenvalue weighted by atomic mass is 16.2. The van der Waals surface area contributed by atoms with Crippen molar-refractivity contribution in [3.8, 4) is 0 Å². The summed E-state index contributed by atoms with van der Waals surface area (Å²) in [5, 5.41) is 5.17. The largest absolute Gasteiger partial charge is 0.326 e. The molecule has 0 saturated heterocycles. The van der Waals surface area contributed by atoms with Crippen molar-refractivity contribution in [2.45, 2.75) is 12.3 Å². The van der Waals surface area contributed by atoms with Gasteiger partial charge in [0.05, 0.1) is 0 Å². The molecule has 4 rings (SSSR count). The minimum Gasteiger partial charge on any atom is -0.326 e. The molecule has 1 amide bonds. The highest BCUT2D eigenvalue weighted by molar-refractivity contribution is 5.97. The average Bonchev–Trinajstić information content (AvgIpc) is 3.36. The van der Waals surface area contributed by atoms with Crippen molar-refractivity contribution in [1.82, 2.24) is 9.97 Å². The van der Waals surface area contributed by atoms with Crippen LogP contribution in [0.5, 0.6) is 0 Å². The number of aromatic nitrogens is 2. The summed E-state index contributed by atoms with van der Waals surface area (Å²) in [6, 6.07) is 11.8. The van der Waals surface area contributed by atoms with Crippen LogP contribution < -0.4 is 5.32 Å². The molecule has 0 bridgehead atoms. The van der Waals surface area contributed by atoms with E-state index in [1.54, 1.807) is 18.6 Å². The molecule has 1 aromatic carbocycles. The molecule has 1 aliphatic rings. The zero-order valence-corrected chi connectivity index (χ0v) is 11.9. The van der Waals surface area contributed by atoms with E-state index in [1.165, 1.54) is 5.56 Å². The molecule has 2 heterocycles. The summed E-state index contributed by atoms with van der Waals surface area (Å²) >= 11 is 0. The molecule has 108 valence electrons. The number of fused-ring (bicyclic) bond motifs is 1. The Morgan fingerprint density at radius 1 is 1.00 bits per heavy atom. The molecule has 1 aliphatic carbocycles. The van der Waals surface area contributed by atoms with E-state index >= 15 is 0 Å². The fraction of sp³-hybridized carbons (Fsp3) is 0.167. The van der Waals surface area contributed by atoms with Crippen molar-refractivity contribution < 1.29 is 4.79 Å². The zero-order chi connectivity index (χ0) is 14.9. The van der Waals surface area contributed by atoms with Crippen molar-refractivity contribution in [3.63, 3.8) is 0 Å². The molecule has 0 aliphatic heterocycles. The third kappa shape index (κ3) is 2.44. The number of pyridine rings is 2. The third-order valence-electron chi connectivity index (χ3n) is 4.17. The first-order valence-electron chi connectivity index (χ1n) is 7.36. The topological polar surface area (TPSA) is 54.9 Å². The summed E-state index contributed by atoms with van der Waals surface area (Å²) in [4.78, 5) is 20.5. The van der Waals surface area contributed by atoms with Gasteiger partial charge in [0, 0.05) is 41.8 Å². The van der Waals surface area contributed by atoms with Crippen molar-refractivity contribution in [3.05, 3.63) is 66.7 Å². The number of nitrogens with zero attached hydrogens (tertiary/aromatic N) is 2. The van der Waals surface area contributed by atoms with E-state index in [1.807, 2.05) is 42.6 Å². The SMILES string of the molecule is O=C(Nc1ccc2cnccc2c1)C1CC1c1ccncc1. The molecular weight excluding hydrogens is 274 g/mol. The predicted octanol–water partition coefficient (Wildman–Crippen LogP) is 3.37. The van der Waals surface area contributed by atoms with Gasteiger partial charge in [-0.05, 0) is 53.6 Å². The number of benzene rings is 1. The van der Waals surface area contributed by atoms with Gasteiger partial charge in [0.1, 0.15) is 0 Å². The minimum absolute atomic E-state index is 0.0653. The maximum atomic E-state index is 12.4. The number of nitrogens with one attached hydrogen (secondary N) is 1. The lowest BCUT2D eigenvalue weighted by atomic mass is 10.1. The van der Waals surface area contributed by atoms with Gasteiger partial charge in [-0.15, -0.1) is 0 Å². The van der Waals surface area contributed by atoms with Gasteiger partial charge in [-0.2, -0.15) is 0 Å². The third-order valence-corrected chi connectivity index (χ3v) is 4.17. The van der Waals surface area contributed by atoms with Gasteiger partial charge in [-0.25, -0.2) is 0 Å². The van der Waals surface area contributed by atoms with Crippen LogP contribution in [-0.2, 0) is 4.79 Å². The van der Waals surface area contributed by atoms with Crippen LogP contribution in [0.4, 0.5) is 5.69 Å². The number of hydrogen-bond acceptors (Lipinski definition) is 3. The fourth-order valence-electron chi connectivity index (χ4n) is 2.86. The highest BCUT2D eigenvalue weighted by Crippen LogP contribution is 2.47. The maximum Gasteiger partial charge on any atom is 0.228 e. The van der Waals surface area contributed by atoms with Gasteiger partial charge in [0.25, 0.3) is 0 Å². The molecule has 3 aromatic rings. The average molecular weight is 289 g/mol. The number of anilines is 1. The first-order chi connectivity index (χ1) is 10.8. The highest BCUT2D eigenvalue weighted by Gasteiger charge is 2.43. The molecule has 22 heavy (non-hydrogen) atoms. The number of rotatable bonds is 3. The molecule has 4 nitrogen and oxygen atoms in total. The lowest BCUT2D eigenvalue weighted by Gasteiger charge is -2.06. The van der Waals surface area contributed by atoms with Crippen LogP contribution in [0.15, 0.2) is 61.2 Å². The van der Waals surface area contributed by atoms with Crippen LogP contribution in [0.2, 0.25) is 0 Å². The van der Waals surface area contributed by atoms with E-state index in [-0.39, 0.29) is 11.8 Å². The normalized spacial score (nSPS) is 19.8. The summed E-state index contributed by atoms with van der Waals surface area (Å²) in [7, 11) is 0. The molecular formula is C18H15N3O. The van der Waals surface area contributed by atoms with E-state index < -0.39 is 0 Å². The molecule has 0 radical (unpaired) electrons. The fourth-order valence-corrected chi connectivity index (χ4v) is 2.86.